The minimum Gasteiger partial charge on any atom is -0.478 e. The number of hydrogen-bond donors (Lipinski definition) is 1. The molecule has 0 aliphatic carbocycles. The van der Waals surface area contributed by atoms with Crippen LogP contribution < -0.4 is 0 Å². The Morgan fingerprint density at radius 2 is 2.00 bits per heavy atom. The molecule has 0 radical (unpaired) electrons. The van der Waals surface area contributed by atoms with Crippen LogP contribution in [0.25, 0.3) is 28.0 Å². The van der Waals surface area contributed by atoms with Crippen molar-refractivity contribution in [3.63, 3.8) is 0 Å². The van der Waals surface area contributed by atoms with Crippen molar-refractivity contribution < 1.29 is 14.3 Å². The van der Waals surface area contributed by atoms with Crippen LogP contribution >= 0.6 is 0 Å². The number of imidazole rings is 1. The SMILES string of the molecule is Cc1ccc(-c2cn3cc(C(=O)O)cc(-c4cccnc4)c3n2)c(F)c1. The lowest BCUT2D eigenvalue weighted by atomic mass is 10.1. The highest BCUT2D eigenvalue weighted by Crippen LogP contribution is 2.29. The number of carboxylic acids is 1. The smallest absolute Gasteiger partial charge is 0.337 e. The highest BCUT2D eigenvalue weighted by atomic mass is 19.1. The zero-order valence-corrected chi connectivity index (χ0v) is 13.8. The number of hydrogen-bond acceptors (Lipinski definition) is 3. The normalized spacial score (nSPS) is 11.0. The molecule has 0 aliphatic rings. The van der Waals surface area contributed by atoms with Gasteiger partial charge >= 0.3 is 5.97 Å². The maximum absolute atomic E-state index is 14.3. The van der Waals surface area contributed by atoms with Crippen LogP contribution in [0.5, 0.6) is 0 Å². The summed E-state index contributed by atoms with van der Waals surface area (Å²) in [5.74, 6) is -1.41. The van der Waals surface area contributed by atoms with Crippen LogP contribution in [0.1, 0.15) is 15.9 Å². The third-order valence-electron chi connectivity index (χ3n) is 4.17. The van der Waals surface area contributed by atoms with E-state index in [0.29, 0.717) is 22.5 Å². The van der Waals surface area contributed by atoms with Crippen molar-refractivity contribution in [3.05, 3.63) is 78.1 Å². The molecule has 0 aliphatic heterocycles. The molecular formula is C20H14FN3O2. The summed E-state index contributed by atoms with van der Waals surface area (Å²) in [6, 6.07) is 10.1. The van der Waals surface area contributed by atoms with Gasteiger partial charge in [0, 0.05) is 41.5 Å². The Morgan fingerprint density at radius 1 is 1.15 bits per heavy atom. The first kappa shape index (κ1) is 16.0. The molecule has 128 valence electrons. The van der Waals surface area contributed by atoms with Crippen molar-refractivity contribution in [1.29, 1.82) is 0 Å². The molecule has 0 saturated carbocycles. The Hall–Kier alpha value is -3.54. The molecule has 26 heavy (non-hydrogen) atoms. The molecule has 0 bridgehead atoms. The molecule has 1 aromatic carbocycles. The number of carboxylic acid groups (broad SMARTS) is 1. The van der Waals surface area contributed by atoms with E-state index in [1.54, 1.807) is 41.2 Å². The molecule has 4 rings (SSSR count). The van der Waals surface area contributed by atoms with E-state index in [4.69, 9.17) is 0 Å². The highest BCUT2D eigenvalue weighted by molar-refractivity contribution is 5.92. The molecule has 0 amide bonds. The summed E-state index contributed by atoms with van der Waals surface area (Å²) in [5.41, 5.74) is 3.64. The van der Waals surface area contributed by atoms with Crippen LogP contribution in [-0.2, 0) is 0 Å². The lowest BCUT2D eigenvalue weighted by molar-refractivity contribution is 0.0696. The molecule has 3 aromatic heterocycles. The maximum Gasteiger partial charge on any atom is 0.337 e. The van der Waals surface area contributed by atoms with E-state index in [1.807, 2.05) is 19.1 Å². The van der Waals surface area contributed by atoms with Gasteiger partial charge in [0.2, 0.25) is 0 Å². The molecule has 0 spiro atoms. The van der Waals surface area contributed by atoms with Gasteiger partial charge in [0.25, 0.3) is 0 Å². The topological polar surface area (TPSA) is 67.5 Å². The standard InChI is InChI=1S/C20H14FN3O2/c1-12-4-5-15(17(21)7-12)18-11-24-10-14(20(25)26)8-16(19(24)23-18)13-3-2-6-22-9-13/h2-11H,1H3,(H,25,26). The van der Waals surface area contributed by atoms with E-state index >= 15 is 0 Å². The monoisotopic (exact) mass is 347 g/mol. The van der Waals surface area contributed by atoms with Crippen molar-refractivity contribution in [2.75, 3.05) is 0 Å². The second-order valence-corrected chi connectivity index (χ2v) is 6.03. The van der Waals surface area contributed by atoms with Gasteiger partial charge in [-0.3, -0.25) is 4.98 Å². The molecule has 0 unspecified atom stereocenters. The van der Waals surface area contributed by atoms with E-state index in [-0.39, 0.29) is 11.4 Å². The van der Waals surface area contributed by atoms with E-state index in [1.165, 1.54) is 12.3 Å². The first-order valence-corrected chi connectivity index (χ1v) is 7.96. The van der Waals surface area contributed by atoms with Gasteiger partial charge in [-0.15, -0.1) is 0 Å². The predicted octanol–water partition coefficient (Wildman–Crippen LogP) is 4.21. The van der Waals surface area contributed by atoms with E-state index in [9.17, 15) is 14.3 Å². The van der Waals surface area contributed by atoms with E-state index in [2.05, 4.69) is 9.97 Å². The minimum atomic E-state index is -1.05. The van der Waals surface area contributed by atoms with Gasteiger partial charge in [-0.2, -0.15) is 0 Å². The molecule has 1 N–H and O–H groups in total. The molecule has 3 heterocycles. The fourth-order valence-corrected chi connectivity index (χ4v) is 2.91. The van der Waals surface area contributed by atoms with Crippen LogP contribution in [0.4, 0.5) is 4.39 Å². The Bertz CT molecular complexity index is 1140. The highest BCUT2D eigenvalue weighted by Gasteiger charge is 2.16. The van der Waals surface area contributed by atoms with Crippen LogP contribution in [0.3, 0.4) is 0 Å². The number of nitrogens with zero attached hydrogens (tertiary/aromatic N) is 3. The number of carbonyl (C=O) groups is 1. The number of aryl methyl sites for hydroxylation is 1. The Morgan fingerprint density at radius 3 is 2.69 bits per heavy atom. The first-order valence-electron chi connectivity index (χ1n) is 7.96. The summed E-state index contributed by atoms with van der Waals surface area (Å²) in [6.45, 7) is 1.82. The quantitative estimate of drug-likeness (QED) is 0.603. The molecule has 6 heteroatoms. The van der Waals surface area contributed by atoms with Crippen molar-refractivity contribution in [2.24, 2.45) is 0 Å². The average molecular weight is 347 g/mol. The molecule has 4 aromatic rings. The van der Waals surface area contributed by atoms with Crippen molar-refractivity contribution in [1.82, 2.24) is 14.4 Å². The summed E-state index contributed by atoms with van der Waals surface area (Å²) in [7, 11) is 0. The Balaban J connectivity index is 1.99. The number of rotatable bonds is 3. The van der Waals surface area contributed by atoms with Gasteiger partial charge in [-0.05, 0) is 36.8 Å². The Labute approximate surface area is 148 Å². The summed E-state index contributed by atoms with van der Waals surface area (Å²) >= 11 is 0. The molecule has 0 atom stereocenters. The van der Waals surface area contributed by atoms with Crippen LogP contribution in [0.15, 0.2) is 61.2 Å². The fraction of sp³-hybridized carbons (Fsp3) is 0.0500. The molecular weight excluding hydrogens is 333 g/mol. The van der Waals surface area contributed by atoms with Crippen LogP contribution in [-0.4, -0.2) is 25.4 Å². The Kier molecular flexibility index (Phi) is 3.73. The van der Waals surface area contributed by atoms with Gasteiger partial charge in [-0.25, -0.2) is 14.2 Å². The number of benzene rings is 1. The van der Waals surface area contributed by atoms with Gasteiger partial charge in [0.15, 0.2) is 0 Å². The number of pyridine rings is 2. The first-order chi connectivity index (χ1) is 12.5. The van der Waals surface area contributed by atoms with Crippen molar-refractivity contribution in [2.45, 2.75) is 6.92 Å². The summed E-state index contributed by atoms with van der Waals surface area (Å²) in [4.78, 5) is 20.1. The minimum absolute atomic E-state index is 0.115. The summed E-state index contributed by atoms with van der Waals surface area (Å²) in [5, 5.41) is 9.40. The zero-order valence-electron chi connectivity index (χ0n) is 13.8. The number of halogens is 1. The van der Waals surface area contributed by atoms with Gasteiger partial charge in [-0.1, -0.05) is 12.1 Å². The van der Waals surface area contributed by atoms with E-state index in [0.717, 1.165) is 11.1 Å². The summed E-state index contributed by atoms with van der Waals surface area (Å²) in [6.07, 6.45) is 6.39. The number of aromatic nitrogens is 3. The van der Waals surface area contributed by atoms with Gasteiger partial charge in [0.1, 0.15) is 11.5 Å². The lowest BCUT2D eigenvalue weighted by Crippen LogP contribution is -2.00. The fourth-order valence-electron chi connectivity index (χ4n) is 2.91. The van der Waals surface area contributed by atoms with Crippen LogP contribution in [0, 0.1) is 12.7 Å². The largest absolute Gasteiger partial charge is 0.478 e. The van der Waals surface area contributed by atoms with E-state index < -0.39 is 5.97 Å². The molecule has 0 saturated heterocycles. The zero-order chi connectivity index (χ0) is 18.3. The molecule has 0 fully saturated rings. The van der Waals surface area contributed by atoms with Crippen LogP contribution in [0.2, 0.25) is 0 Å². The second kappa shape index (κ2) is 6.07. The maximum atomic E-state index is 14.3. The van der Waals surface area contributed by atoms with Crippen molar-refractivity contribution >= 4 is 11.6 Å². The predicted molar refractivity (Wildman–Crippen MR) is 95.5 cm³/mol. The second-order valence-electron chi connectivity index (χ2n) is 6.03. The van der Waals surface area contributed by atoms with Crippen molar-refractivity contribution in [3.8, 4) is 22.4 Å². The number of fused-ring (bicyclic) bond motifs is 1. The molecule has 5 nitrogen and oxygen atoms in total. The van der Waals surface area contributed by atoms with Gasteiger partial charge in [0.05, 0.1) is 11.3 Å². The lowest BCUT2D eigenvalue weighted by Gasteiger charge is -2.05. The third kappa shape index (κ3) is 2.71. The summed E-state index contributed by atoms with van der Waals surface area (Å²) < 4.78 is 16.0. The number of aromatic carboxylic acids is 1. The van der Waals surface area contributed by atoms with Gasteiger partial charge < -0.3 is 9.51 Å². The average Bonchev–Trinajstić information content (AvgIpc) is 3.05. The third-order valence-corrected chi connectivity index (χ3v) is 4.17.